The number of likely N-dealkylation sites (N-methyl/N-ethyl adjacent to an activating group) is 1. The lowest BCUT2D eigenvalue weighted by Gasteiger charge is -2.05. The van der Waals surface area contributed by atoms with Gasteiger partial charge in [-0.3, -0.25) is 19.3 Å². The van der Waals surface area contributed by atoms with Crippen molar-refractivity contribution in [3.63, 3.8) is 0 Å². The Morgan fingerprint density at radius 3 is 2.54 bits per heavy atom. The molecule has 1 saturated heterocycles. The van der Waals surface area contributed by atoms with E-state index < -0.39 is 5.97 Å². The second kappa shape index (κ2) is 8.07. The van der Waals surface area contributed by atoms with Gasteiger partial charge in [0.15, 0.2) is 0 Å². The summed E-state index contributed by atoms with van der Waals surface area (Å²) in [6, 6.07) is 6.80. The third kappa shape index (κ3) is 4.65. The molecule has 1 aromatic rings. The minimum atomic E-state index is -0.883. The summed E-state index contributed by atoms with van der Waals surface area (Å²) in [6.07, 6.45) is 2.14. The van der Waals surface area contributed by atoms with E-state index in [1.54, 1.807) is 37.4 Å². The maximum Gasteiger partial charge on any atom is 0.303 e. The van der Waals surface area contributed by atoms with Crippen molar-refractivity contribution in [2.75, 3.05) is 13.6 Å². The van der Waals surface area contributed by atoms with Crippen LogP contribution in [-0.2, 0) is 9.59 Å². The van der Waals surface area contributed by atoms with Crippen LogP contribution in [0.3, 0.4) is 0 Å². The van der Waals surface area contributed by atoms with Gasteiger partial charge in [-0.2, -0.15) is 0 Å². The van der Waals surface area contributed by atoms with E-state index in [2.05, 4.69) is 5.32 Å². The molecule has 0 radical (unpaired) electrons. The highest BCUT2D eigenvalue weighted by Crippen LogP contribution is 2.31. The van der Waals surface area contributed by atoms with Crippen LogP contribution in [0.1, 0.15) is 28.8 Å². The molecule has 2 rings (SSSR count). The number of hydrogen-bond donors (Lipinski definition) is 2. The summed E-state index contributed by atoms with van der Waals surface area (Å²) in [5.41, 5.74) is 1.27. The van der Waals surface area contributed by atoms with Gasteiger partial charge in [-0.15, -0.1) is 0 Å². The first kappa shape index (κ1) is 18.2. The van der Waals surface area contributed by atoms with Gasteiger partial charge in [0.05, 0.1) is 4.91 Å². The zero-order chi connectivity index (χ0) is 17.7. The monoisotopic (exact) mass is 364 g/mol. The second-order valence-corrected chi connectivity index (χ2v) is 6.79. The molecule has 1 heterocycles. The van der Waals surface area contributed by atoms with Crippen LogP contribution < -0.4 is 5.32 Å². The predicted molar refractivity (Wildman–Crippen MR) is 96.6 cm³/mol. The summed E-state index contributed by atoms with van der Waals surface area (Å²) >= 11 is 6.32. The smallest absolute Gasteiger partial charge is 0.303 e. The van der Waals surface area contributed by atoms with E-state index in [0.717, 1.165) is 5.56 Å². The topological polar surface area (TPSA) is 86.7 Å². The van der Waals surface area contributed by atoms with E-state index in [9.17, 15) is 14.4 Å². The molecule has 1 fully saturated rings. The summed E-state index contributed by atoms with van der Waals surface area (Å²) in [7, 11) is 1.64. The van der Waals surface area contributed by atoms with Gasteiger partial charge < -0.3 is 10.4 Å². The van der Waals surface area contributed by atoms with Gasteiger partial charge in [0.25, 0.3) is 11.8 Å². The van der Waals surface area contributed by atoms with Crippen molar-refractivity contribution < 1.29 is 19.5 Å². The first-order valence-electron chi connectivity index (χ1n) is 7.20. The van der Waals surface area contributed by atoms with Crippen molar-refractivity contribution in [1.82, 2.24) is 10.2 Å². The molecule has 0 unspecified atom stereocenters. The fraction of sp³-hybridized carbons (Fsp3) is 0.250. The highest BCUT2D eigenvalue weighted by atomic mass is 32.2. The van der Waals surface area contributed by atoms with Crippen molar-refractivity contribution >= 4 is 52.2 Å². The van der Waals surface area contributed by atoms with Crippen molar-refractivity contribution in [2.45, 2.75) is 12.8 Å². The number of aliphatic carboxylic acids is 1. The first-order valence-corrected chi connectivity index (χ1v) is 8.42. The fourth-order valence-corrected chi connectivity index (χ4v) is 3.15. The summed E-state index contributed by atoms with van der Waals surface area (Å²) < 4.78 is 0.517. The molecule has 24 heavy (non-hydrogen) atoms. The maximum atomic E-state index is 11.9. The molecule has 0 aliphatic carbocycles. The molecule has 8 heteroatoms. The molecular weight excluding hydrogens is 348 g/mol. The Balaban J connectivity index is 1.96. The van der Waals surface area contributed by atoms with Gasteiger partial charge in [-0.1, -0.05) is 36.1 Å². The number of hydrogen-bond acceptors (Lipinski definition) is 5. The van der Waals surface area contributed by atoms with Gasteiger partial charge in [0, 0.05) is 25.6 Å². The summed E-state index contributed by atoms with van der Waals surface area (Å²) in [5.74, 6) is -1.27. The van der Waals surface area contributed by atoms with Crippen molar-refractivity contribution in [3.05, 3.63) is 40.3 Å². The highest BCUT2D eigenvalue weighted by molar-refractivity contribution is 8.26. The molecule has 1 aliphatic rings. The van der Waals surface area contributed by atoms with Crippen LogP contribution >= 0.6 is 24.0 Å². The Morgan fingerprint density at radius 1 is 1.33 bits per heavy atom. The minimum Gasteiger partial charge on any atom is -0.481 e. The van der Waals surface area contributed by atoms with E-state index in [-0.39, 0.29) is 18.2 Å². The first-order chi connectivity index (χ1) is 11.4. The zero-order valence-corrected chi connectivity index (χ0v) is 14.6. The summed E-state index contributed by atoms with van der Waals surface area (Å²) in [5, 5.41) is 11.2. The molecule has 1 aromatic carbocycles. The Morgan fingerprint density at radius 2 is 2.00 bits per heavy atom. The van der Waals surface area contributed by atoms with Crippen LogP contribution in [0, 0.1) is 0 Å². The number of thiocarbonyl (C=S) groups is 1. The Kier molecular flexibility index (Phi) is 6.10. The quantitative estimate of drug-likeness (QED) is 0.457. The van der Waals surface area contributed by atoms with E-state index in [1.807, 2.05) is 0 Å². The maximum absolute atomic E-state index is 11.9. The summed E-state index contributed by atoms with van der Waals surface area (Å²) in [6.45, 7) is 0.311. The minimum absolute atomic E-state index is 0.0226. The Hall–Kier alpha value is -2.19. The molecule has 2 amide bonds. The third-order valence-corrected chi connectivity index (χ3v) is 4.79. The molecular formula is C16H16N2O4S2. The van der Waals surface area contributed by atoms with Crippen LogP contribution in [0.4, 0.5) is 0 Å². The number of rotatable bonds is 6. The van der Waals surface area contributed by atoms with E-state index in [0.29, 0.717) is 27.8 Å². The zero-order valence-electron chi connectivity index (χ0n) is 12.9. The number of amides is 2. The SMILES string of the molecule is CN1C(=O)/C(=C/c2ccc(C(=O)NCCCC(=O)O)cc2)SC1=S. The third-order valence-electron chi connectivity index (χ3n) is 3.31. The normalized spacial score (nSPS) is 15.9. The van der Waals surface area contributed by atoms with E-state index in [1.165, 1.54) is 16.7 Å². The van der Waals surface area contributed by atoms with Crippen LogP contribution in [0.5, 0.6) is 0 Å². The van der Waals surface area contributed by atoms with Crippen LogP contribution in [0.2, 0.25) is 0 Å². The molecule has 6 nitrogen and oxygen atoms in total. The number of benzene rings is 1. The average molecular weight is 364 g/mol. The molecule has 1 aliphatic heterocycles. The van der Waals surface area contributed by atoms with Crippen LogP contribution in [0.25, 0.3) is 6.08 Å². The van der Waals surface area contributed by atoms with Gasteiger partial charge >= 0.3 is 5.97 Å². The standard InChI is InChI=1S/C16H16N2O4S2/c1-18-15(22)12(24-16(18)23)9-10-4-6-11(7-5-10)14(21)17-8-2-3-13(19)20/h4-7,9H,2-3,8H2,1H3,(H,17,21)(H,19,20)/b12-9-. The molecule has 2 N–H and O–H groups in total. The second-order valence-electron chi connectivity index (χ2n) is 5.12. The van der Waals surface area contributed by atoms with Crippen molar-refractivity contribution in [1.29, 1.82) is 0 Å². The van der Waals surface area contributed by atoms with Crippen LogP contribution in [-0.4, -0.2) is 45.7 Å². The van der Waals surface area contributed by atoms with Gasteiger partial charge in [0.2, 0.25) is 0 Å². The average Bonchev–Trinajstić information content (AvgIpc) is 2.79. The van der Waals surface area contributed by atoms with E-state index >= 15 is 0 Å². The lowest BCUT2D eigenvalue weighted by atomic mass is 10.1. The Bertz CT molecular complexity index is 713. The molecule has 0 spiro atoms. The highest BCUT2D eigenvalue weighted by Gasteiger charge is 2.28. The Labute approximate surface area is 148 Å². The number of carboxylic acid groups (broad SMARTS) is 1. The lowest BCUT2D eigenvalue weighted by molar-refractivity contribution is -0.137. The lowest BCUT2D eigenvalue weighted by Crippen LogP contribution is -2.24. The number of thioether (sulfide) groups is 1. The van der Waals surface area contributed by atoms with E-state index in [4.69, 9.17) is 17.3 Å². The van der Waals surface area contributed by atoms with Crippen molar-refractivity contribution in [3.8, 4) is 0 Å². The predicted octanol–water partition coefficient (Wildman–Crippen LogP) is 2.11. The fourth-order valence-electron chi connectivity index (χ4n) is 1.97. The number of nitrogens with one attached hydrogen (secondary N) is 1. The van der Waals surface area contributed by atoms with Crippen LogP contribution in [0.15, 0.2) is 29.2 Å². The summed E-state index contributed by atoms with van der Waals surface area (Å²) in [4.78, 5) is 36.2. The number of carbonyl (C=O) groups excluding carboxylic acids is 2. The largest absolute Gasteiger partial charge is 0.481 e. The number of nitrogens with zero attached hydrogens (tertiary/aromatic N) is 1. The van der Waals surface area contributed by atoms with Gasteiger partial charge in [-0.05, 0) is 30.2 Å². The molecule has 0 aromatic heterocycles. The molecule has 0 saturated carbocycles. The molecule has 0 atom stereocenters. The number of carbonyl (C=O) groups is 3. The molecule has 0 bridgehead atoms. The van der Waals surface area contributed by atoms with Gasteiger partial charge in [-0.25, -0.2) is 0 Å². The van der Waals surface area contributed by atoms with Gasteiger partial charge in [0.1, 0.15) is 4.32 Å². The van der Waals surface area contributed by atoms with Crippen molar-refractivity contribution in [2.24, 2.45) is 0 Å². The molecule has 126 valence electrons. The number of carboxylic acids is 1.